The van der Waals surface area contributed by atoms with Crippen molar-refractivity contribution < 1.29 is 0 Å². The summed E-state index contributed by atoms with van der Waals surface area (Å²) < 4.78 is 1.04. The molecule has 0 amide bonds. The van der Waals surface area contributed by atoms with Crippen molar-refractivity contribution >= 4 is 55.4 Å². The topological polar surface area (TPSA) is 0 Å². The Bertz CT molecular complexity index is 996. The first-order valence-electron chi connectivity index (χ1n) is 9.19. The first kappa shape index (κ1) is 19.4. The van der Waals surface area contributed by atoms with Gasteiger partial charge in [0.25, 0.3) is 0 Å². The van der Waals surface area contributed by atoms with E-state index in [0.717, 1.165) is 9.50 Å². The van der Waals surface area contributed by atoms with Crippen molar-refractivity contribution in [3.05, 3.63) is 119 Å². The average Bonchev–Trinajstić information content (AvgIpc) is 2.75. The van der Waals surface area contributed by atoms with Crippen molar-refractivity contribution in [2.75, 3.05) is 6.66 Å². The molecule has 3 heteroatoms. The number of hydrogen-bond donors (Lipinski definition) is 0. The Balaban J connectivity index is 2.26. The van der Waals surface area contributed by atoms with Crippen LogP contribution in [0.1, 0.15) is 0 Å². The maximum absolute atomic E-state index is 6.33. The molecule has 0 N–H and O–H groups in total. The summed E-state index contributed by atoms with van der Waals surface area (Å²) in [6, 6.07) is 38.8. The van der Waals surface area contributed by atoms with E-state index in [4.69, 9.17) is 11.6 Å². The van der Waals surface area contributed by atoms with E-state index in [1.165, 1.54) is 21.2 Å². The van der Waals surface area contributed by atoms with Crippen LogP contribution in [-0.4, -0.2) is 6.66 Å². The van der Waals surface area contributed by atoms with Crippen molar-refractivity contribution in [3.8, 4) is 0 Å². The molecule has 0 unspecified atom stereocenters. The fourth-order valence-electron chi connectivity index (χ4n) is 4.20. The van der Waals surface area contributed by atoms with Gasteiger partial charge in [0.15, 0.2) is 0 Å². The molecule has 0 aliphatic carbocycles. The second kappa shape index (κ2) is 7.48. The van der Waals surface area contributed by atoms with E-state index in [1.54, 1.807) is 0 Å². The van der Waals surface area contributed by atoms with E-state index in [1.807, 2.05) is 12.1 Å². The normalized spacial score (nSPS) is 12.9. The molecule has 4 rings (SSSR count). The Morgan fingerprint density at radius 1 is 0.607 bits per heavy atom. The molecule has 0 spiro atoms. The molecular weight excluding hydrogens is 447 g/mol. The predicted molar refractivity (Wildman–Crippen MR) is 130 cm³/mol. The predicted octanol–water partition coefficient (Wildman–Crippen LogP) is 5.89. The van der Waals surface area contributed by atoms with Crippen LogP contribution >= 0.6 is 34.1 Å². The van der Waals surface area contributed by atoms with Crippen molar-refractivity contribution in [2.45, 2.75) is 0 Å². The molecule has 0 radical (unpaired) electrons. The van der Waals surface area contributed by atoms with E-state index in [-0.39, 0.29) is 0 Å². The van der Waals surface area contributed by atoms with Crippen LogP contribution in [-0.2, 0) is 0 Å². The third-order valence-electron chi connectivity index (χ3n) is 5.72. The summed E-state index contributed by atoms with van der Waals surface area (Å²) in [6.45, 7) is -0.550. The van der Waals surface area contributed by atoms with Crippen molar-refractivity contribution in [3.63, 3.8) is 0 Å². The molecule has 140 valence electrons. The van der Waals surface area contributed by atoms with Crippen LogP contribution < -0.4 is 21.2 Å². The summed E-state index contributed by atoms with van der Waals surface area (Å²) in [7, 11) is 0. The molecule has 0 atom stereocenters. The minimum atomic E-state index is -2.99. The minimum absolute atomic E-state index is 0.731. The zero-order valence-electron chi connectivity index (χ0n) is 15.6. The molecular formula is C25H21BrClP. The molecule has 0 aliphatic rings. The van der Waals surface area contributed by atoms with Gasteiger partial charge in [-0.25, -0.2) is 0 Å². The first-order valence-corrected chi connectivity index (χ1v) is 13.0. The maximum atomic E-state index is 6.33. The van der Waals surface area contributed by atoms with Crippen LogP contribution in [0.25, 0.3) is 0 Å². The summed E-state index contributed by atoms with van der Waals surface area (Å²) in [5.41, 5.74) is 0. The van der Waals surface area contributed by atoms with Gasteiger partial charge in [0.05, 0.1) is 0 Å². The summed E-state index contributed by atoms with van der Waals surface area (Å²) in [5.74, 6) is 0. The van der Waals surface area contributed by atoms with Crippen molar-refractivity contribution in [1.82, 2.24) is 0 Å². The van der Waals surface area contributed by atoms with Gasteiger partial charge < -0.3 is 0 Å². The van der Waals surface area contributed by atoms with Crippen molar-refractivity contribution in [1.29, 1.82) is 0 Å². The van der Waals surface area contributed by atoms with Gasteiger partial charge in [0.1, 0.15) is 0 Å². The molecule has 0 bridgehead atoms. The number of halogens is 2. The molecule has 4 aromatic rings. The number of benzene rings is 4. The molecule has 0 heterocycles. The average molecular weight is 468 g/mol. The van der Waals surface area contributed by atoms with E-state index >= 15 is 0 Å². The van der Waals surface area contributed by atoms with Crippen LogP contribution in [0.5, 0.6) is 0 Å². The zero-order valence-corrected chi connectivity index (χ0v) is 18.8. The zero-order chi connectivity index (χ0) is 19.6. The Kier molecular flexibility index (Phi) is 5.19. The summed E-state index contributed by atoms with van der Waals surface area (Å²) in [5, 5.41) is 5.99. The first-order chi connectivity index (χ1) is 13.6. The Labute approximate surface area is 180 Å². The van der Waals surface area contributed by atoms with Crippen molar-refractivity contribution in [2.24, 2.45) is 0 Å². The van der Waals surface area contributed by atoms with Gasteiger partial charge in [-0.15, -0.1) is 0 Å². The molecule has 0 aromatic heterocycles. The van der Waals surface area contributed by atoms with E-state index in [2.05, 4.69) is 120 Å². The SMILES string of the molecule is CP(c1ccccc1)(c1ccccc1)(c1ccccc1)c1ccc(Cl)cc1Br. The molecule has 4 aromatic carbocycles. The van der Waals surface area contributed by atoms with Crippen LogP contribution in [0.4, 0.5) is 0 Å². The fourth-order valence-corrected chi connectivity index (χ4v) is 11.7. The quantitative estimate of drug-likeness (QED) is 0.328. The van der Waals surface area contributed by atoms with Crippen LogP contribution in [0.15, 0.2) is 114 Å². The molecule has 0 fully saturated rings. The Morgan fingerprint density at radius 2 is 1.00 bits per heavy atom. The second-order valence-corrected chi connectivity index (χ2v) is 13.6. The third kappa shape index (κ3) is 2.85. The van der Waals surface area contributed by atoms with E-state index < -0.39 is 6.60 Å². The van der Waals surface area contributed by atoms with E-state index in [9.17, 15) is 0 Å². The van der Waals surface area contributed by atoms with Gasteiger partial charge in [0, 0.05) is 0 Å². The fraction of sp³-hybridized carbons (Fsp3) is 0.0400. The molecule has 0 aliphatic heterocycles. The van der Waals surface area contributed by atoms with Crippen LogP contribution in [0.3, 0.4) is 0 Å². The molecule has 0 saturated carbocycles. The summed E-state index contributed by atoms with van der Waals surface area (Å²) >= 11 is 10.2. The van der Waals surface area contributed by atoms with Gasteiger partial charge >= 0.3 is 181 Å². The Morgan fingerprint density at radius 3 is 1.36 bits per heavy atom. The summed E-state index contributed by atoms with van der Waals surface area (Å²) in [6.07, 6.45) is 0. The molecule has 0 saturated heterocycles. The number of hydrogen-bond acceptors (Lipinski definition) is 0. The van der Waals surface area contributed by atoms with Gasteiger partial charge in [-0.3, -0.25) is 0 Å². The van der Waals surface area contributed by atoms with Crippen LogP contribution in [0, 0.1) is 0 Å². The number of rotatable bonds is 4. The second-order valence-electron chi connectivity index (χ2n) is 7.17. The van der Waals surface area contributed by atoms with Gasteiger partial charge in [-0.1, -0.05) is 0 Å². The van der Waals surface area contributed by atoms with Gasteiger partial charge in [-0.05, 0) is 0 Å². The van der Waals surface area contributed by atoms with E-state index in [0.29, 0.717) is 0 Å². The molecule has 28 heavy (non-hydrogen) atoms. The van der Waals surface area contributed by atoms with Crippen LogP contribution in [0.2, 0.25) is 5.02 Å². The Hall–Kier alpha value is -1.92. The molecule has 0 nitrogen and oxygen atoms in total. The summed E-state index contributed by atoms with van der Waals surface area (Å²) in [4.78, 5) is 0. The third-order valence-corrected chi connectivity index (χ3v) is 13.3. The monoisotopic (exact) mass is 466 g/mol. The standard InChI is InChI=1S/C25H21BrClP/c1-28(21-11-5-2-6-12-21,22-13-7-3-8-14-22,23-15-9-4-10-16-23)25-18-17-20(27)19-24(25)26/h2-19H,1H3. The van der Waals surface area contributed by atoms with Gasteiger partial charge in [0.2, 0.25) is 0 Å². The van der Waals surface area contributed by atoms with Gasteiger partial charge in [-0.2, -0.15) is 0 Å².